The van der Waals surface area contributed by atoms with E-state index in [1.807, 2.05) is 11.0 Å². The van der Waals surface area contributed by atoms with Gasteiger partial charge in [-0.3, -0.25) is 14.6 Å². The van der Waals surface area contributed by atoms with E-state index in [-0.39, 0.29) is 11.8 Å². The van der Waals surface area contributed by atoms with Crippen molar-refractivity contribution in [3.05, 3.63) is 64.5 Å². The van der Waals surface area contributed by atoms with Gasteiger partial charge >= 0.3 is 0 Å². The van der Waals surface area contributed by atoms with Crippen LogP contribution in [-0.2, 0) is 11.2 Å². The Bertz CT molecular complexity index is 786. The van der Waals surface area contributed by atoms with Gasteiger partial charge in [-0.05, 0) is 49.6 Å². The van der Waals surface area contributed by atoms with Gasteiger partial charge in [0.1, 0.15) is 5.69 Å². The number of aryl methyl sites for hydroxylation is 3. The Kier molecular flexibility index (Phi) is 5.35. The average molecular weight is 351 g/mol. The van der Waals surface area contributed by atoms with Gasteiger partial charge in [0.15, 0.2) is 0 Å². The summed E-state index contributed by atoms with van der Waals surface area (Å²) in [5.41, 5.74) is 5.13. The highest BCUT2D eigenvalue weighted by Gasteiger charge is 2.25. The van der Waals surface area contributed by atoms with Crippen LogP contribution < -0.4 is 0 Å². The smallest absolute Gasteiger partial charge is 0.272 e. The monoisotopic (exact) mass is 351 g/mol. The number of rotatable bonds is 3. The molecule has 1 aliphatic heterocycles. The first-order valence-corrected chi connectivity index (χ1v) is 9.00. The number of carbonyl (C=O) groups is 2. The van der Waals surface area contributed by atoms with Gasteiger partial charge in [0.05, 0.1) is 6.42 Å². The quantitative estimate of drug-likeness (QED) is 0.854. The van der Waals surface area contributed by atoms with Crippen LogP contribution in [0, 0.1) is 20.8 Å². The predicted molar refractivity (Wildman–Crippen MR) is 101 cm³/mol. The second-order valence-electron chi connectivity index (χ2n) is 6.94. The molecule has 0 saturated carbocycles. The normalized spacial score (nSPS) is 14.4. The average Bonchev–Trinajstić information content (AvgIpc) is 2.64. The van der Waals surface area contributed by atoms with E-state index in [4.69, 9.17) is 0 Å². The minimum Gasteiger partial charge on any atom is -0.339 e. The minimum absolute atomic E-state index is 0.0667. The van der Waals surface area contributed by atoms with Crippen LogP contribution in [0.1, 0.15) is 32.7 Å². The molecule has 2 heterocycles. The molecular formula is C21H25N3O2. The van der Waals surface area contributed by atoms with E-state index in [1.54, 1.807) is 23.2 Å². The molecule has 0 spiro atoms. The maximum Gasteiger partial charge on any atom is 0.272 e. The van der Waals surface area contributed by atoms with Gasteiger partial charge in [-0.25, -0.2) is 0 Å². The lowest BCUT2D eigenvalue weighted by Crippen LogP contribution is -2.51. The fourth-order valence-corrected chi connectivity index (χ4v) is 3.56. The van der Waals surface area contributed by atoms with Crippen molar-refractivity contribution >= 4 is 11.8 Å². The van der Waals surface area contributed by atoms with E-state index in [1.165, 1.54) is 16.7 Å². The lowest BCUT2D eigenvalue weighted by atomic mass is 9.97. The van der Waals surface area contributed by atoms with Gasteiger partial charge in [0.2, 0.25) is 5.91 Å². The van der Waals surface area contributed by atoms with Crippen LogP contribution in [0.3, 0.4) is 0 Å². The van der Waals surface area contributed by atoms with Crippen molar-refractivity contribution in [3.63, 3.8) is 0 Å². The largest absolute Gasteiger partial charge is 0.339 e. The zero-order chi connectivity index (χ0) is 18.7. The summed E-state index contributed by atoms with van der Waals surface area (Å²) < 4.78 is 0. The van der Waals surface area contributed by atoms with Crippen molar-refractivity contribution in [2.75, 3.05) is 26.2 Å². The summed E-state index contributed by atoms with van der Waals surface area (Å²) in [6.07, 6.45) is 2.05. The van der Waals surface area contributed by atoms with E-state index in [0.717, 1.165) is 5.56 Å². The molecule has 0 N–H and O–H groups in total. The fraction of sp³-hybridized carbons (Fsp3) is 0.381. The lowest BCUT2D eigenvalue weighted by molar-refractivity contribution is -0.131. The number of hydrogen-bond acceptors (Lipinski definition) is 3. The van der Waals surface area contributed by atoms with Crippen LogP contribution in [0.2, 0.25) is 0 Å². The zero-order valence-corrected chi connectivity index (χ0v) is 15.7. The molecule has 3 rings (SSSR count). The maximum atomic E-state index is 12.7. The third-order valence-corrected chi connectivity index (χ3v) is 4.97. The van der Waals surface area contributed by atoms with Crippen LogP contribution in [-0.4, -0.2) is 52.8 Å². The van der Waals surface area contributed by atoms with Crippen molar-refractivity contribution in [2.24, 2.45) is 0 Å². The fourth-order valence-electron chi connectivity index (χ4n) is 3.56. The second-order valence-corrected chi connectivity index (χ2v) is 6.94. The highest BCUT2D eigenvalue weighted by molar-refractivity contribution is 5.92. The van der Waals surface area contributed by atoms with Crippen molar-refractivity contribution in [2.45, 2.75) is 27.2 Å². The number of amides is 2. The van der Waals surface area contributed by atoms with E-state index >= 15 is 0 Å². The molecule has 2 aromatic rings. The molecule has 0 radical (unpaired) electrons. The lowest BCUT2D eigenvalue weighted by Gasteiger charge is -2.34. The van der Waals surface area contributed by atoms with Crippen molar-refractivity contribution in [1.82, 2.24) is 14.8 Å². The SMILES string of the molecule is Cc1cc(C)c(CC(=O)N2CCN(C(=O)c3ccccn3)CC2)c(C)c1. The topological polar surface area (TPSA) is 53.5 Å². The molecule has 1 aromatic heterocycles. The zero-order valence-electron chi connectivity index (χ0n) is 15.7. The second kappa shape index (κ2) is 7.68. The standard InChI is InChI=1S/C21H25N3O2/c1-15-12-16(2)18(17(3)13-15)14-20(25)23-8-10-24(11-9-23)21(26)19-6-4-5-7-22-19/h4-7,12-13H,8-11,14H2,1-3H3. The molecule has 1 aliphatic rings. The number of hydrogen-bond donors (Lipinski definition) is 0. The van der Waals surface area contributed by atoms with Crippen molar-refractivity contribution in [3.8, 4) is 0 Å². The van der Waals surface area contributed by atoms with Gasteiger partial charge in [0, 0.05) is 32.4 Å². The Morgan fingerprint density at radius 3 is 2.15 bits per heavy atom. The van der Waals surface area contributed by atoms with Crippen molar-refractivity contribution in [1.29, 1.82) is 0 Å². The Morgan fingerprint density at radius 1 is 0.962 bits per heavy atom. The molecule has 0 bridgehead atoms. The minimum atomic E-state index is -0.0667. The Balaban J connectivity index is 1.60. The number of pyridine rings is 1. The van der Waals surface area contributed by atoms with Gasteiger partial charge in [-0.2, -0.15) is 0 Å². The number of benzene rings is 1. The Hall–Kier alpha value is -2.69. The third kappa shape index (κ3) is 3.93. The number of aromatic nitrogens is 1. The van der Waals surface area contributed by atoms with Crippen LogP contribution >= 0.6 is 0 Å². The van der Waals surface area contributed by atoms with Gasteiger partial charge in [-0.1, -0.05) is 23.8 Å². The third-order valence-electron chi connectivity index (χ3n) is 4.97. The highest BCUT2D eigenvalue weighted by atomic mass is 16.2. The first-order chi connectivity index (χ1) is 12.5. The van der Waals surface area contributed by atoms with Gasteiger partial charge in [0.25, 0.3) is 5.91 Å². The molecule has 2 amide bonds. The van der Waals surface area contributed by atoms with Crippen LogP contribution in [0.25, 0.3) is 0 Å². The molecule has 1 aromatic carbocycles. The maximum absolute atomic E-state index is 12.7. The van der Waals surface area contributed by atoms with Gasteiger partial charge in [-0.15, -0.1) is 0 Å². The summed E-state index contributed by atoms with van der Waals surface area (Å²) in [4.78, 5) is 32.9. The summed E-state index contributed by atoms with van der Waals surface area (Å²) in [6, 6.07) is 9.58. The highest BCUT2D eigenvalue weighted by Crippen LogP contribution is 2.18. The molecule has 5 nitrogen and oxygen atoms in total. The molecular weight excluding hydrogens is 326 g/mol. The molecule has 26 heavy (non-hydrogen) atoms. The summed E-state index contributed by atoms with van der Waals surface area (Å²) in [5, 5.41) is 0. The summed E-state index contributed by atoms with van der Waals surface area (Å²) in [6.45, 7) is 8.43. The van der Waals surface area contributed by atoms with E-state index in [0.29, 0.717) is 38.3 Å². The first-order valence-electron chi connectivity index (χ1n) is 9.00. The molecule has 1 saturated heterocycles. The molecule has 0 aliphatic carbocycles. The first kappa shape index (κ1) is 18.1. The summed E-state index contributed by atoms with van der Waals surface area (Å²) in [7, 11) is 0. The molecule has 0 atom stereocenters. The van der Waals surface area contributed by atoms with Crippen LogP contribution in [0.5, 0.6) is 0 Å². The Labute approximate surface area is 154 Å². The molecule has 1 fully saturated rings. The van der Waals surface area contributed by atoms with E-state index in [2.05, 4.69) is 37.9 Å². The van der Waals surface area contributed by atoms with Crippen molar-refractivity contribution < 1.29 is 9.59 Å². The number of piperazine rings is 1. The molecule has 136 valence electrons. The van der Waals surface area contributed by atoms with E-state index < -0.39 is 0 Å². The summed E-state index contributed by atoms with van der Waals surface area (Å²) >= 11 is 0. The van der Waals surface area contributed by atoms with Gasteiger partial charge < -0.3 is 9.80 Å². The van der Waals surface area contributed by atoms with E-state index in [9.17, 15) is 9.59 Å². The molecule has 0 unspecified atom stereocenters. The summed E-state index contributed by atoms with van der Waals surface area (Å²) in [5.74, 6) is 0.0629. The Morgan fingerprint density at radius 2 is 1.58 bits per heavy atom. The molecule has 5 heteroatoms. The predicted octanol–water partition coefficient (Wildman–Crippen LogP) is 2.53. The number of nitrogens with zero attached hydrogens (tertiary/aromatic N) is 3. The van der Waals surface area contributed by atoms with Crippen LogP contribution in [0.4, 0.5) is 0 Å². The van der Waals surface area contributed by atoms with Crippen LogP contribution in [0.15, 0.2) is 36.5 Å². The number of carbonyl (C=O) groups excluding carboxylic acids is 2.